The quantitative estimate of drug-likeness (QED) is 0.462. The fourth-order valence-corrected chi connectivity index (χ4v) is 4.30. The highest BCUT2D eigenvalue weighted by molar-refractivity contribution is 7.90. The molecule has 0 aliphatic rings. The number of hydrogen-bond donors (Lipinski definition) is 1. The number of carbonyl (C=O) groups is 2. The van der Waals surface area contributed by atoms with Crippen molar-refractivity contribution in [3.8, 4) is 0 Å². The molecule has 2 amide bonds. The summed E-state index contributed by atoms with van der Waals surface area (Å²) in [6, 6.07) is 13.3. The Morgan fingerprint density at radius 1 is 1.03 bits per heavy atom. The van der Waals surface area contributed by atoms with Crippen molar-refractivity contribution < 1.29 is 22.4 Å². The van der Waals surface area contributed by atoms with Gasteiger partial charge in [0.05, 0.1) is 5.69 Å². The minimum absolute atomic E-state index is 0.182. The van der Waals surface area contributed by atoms with E-state index in [-0.39, 0.29) is 18.0 Å². The molecular weight excluding hydrogens is 459 g/mol. The van der Waals surface area contributed by atoms with E-state index >= 15 is 0 Å². The Bertz CT molecular complexity index is 1060. The van der Waals surface area contributed by atoms with Gasteiger partial charge >= 0.3 is 10.2 Å². The molecule has 0 radical (unpaired) electrons. The van der Waals surface area contributed by atoms with Gasteiger partial charge in [-0.2, -0.15) is 12.7 Å². The molecule has 0 saturated heterocycles. The van der Waals surface area contributed by atoms with Crippen LogP contribution >= 0.6 is 0 Å². The van der Waals surface area contributed by atoms with Crippen LogP contribution in [0.15, 0.2) is 54.6 Å². The maximum atomic E-state index is 14.4. The number of unbranched alkanes of at least 4 members (excludes halogenated alkanes) is 1. The minimum atomic E-state index is -4.02. The van der Waals surface area contributed by atoms with Gasteiger partial charge in [0.15, 0.2) is 0 Å². The van der Waals surface area contributed by atoms with Gasteiger partial charge in [-0.1, -0.05) is 49.7 Å². The average Bonchev–Trinajstić information content (AvgIpc) is 2.81. The summed E-state index contributed by atoms with van der Waals surface area (Å²) in [5.41, 5.74) is 0.529. The largest absolute Gasteiger partial charge is 0.354 e. The number of hydrogen-bond acceptors (Lipinski definition) is 4. The van der Waals surface area contributed by atoms with Gasteiger partial charge in [0.25, 0.3) is 0 Å². The first-order chi connectivity index (χ1) is 16.1. The first-order valence-electron chi connectivity index (χ1n) is 11.1. The van der Waals surface area contributed by atoms with Crippen LogP contribution in [0.25, 0.3) is 0 Å². The van der Waals surface area contributed by atoms with E-state index in [1.54, 1.807) is 43.3 Å². The maximum absolute atomic E-state index is 14.4. The van der Waals surface area contributed by atoms with Crippen LogP contribution in [0.3, 0.4) is 0 Å². The van der Waals surface area contributed by atoms with Gasteiger partial charge in [-0.15, -0.1) is 0 Å². The third-order valence-electron chi connectivity index (χ3n) is 5.36. The predicted octanol–water partition coefficient (Wildman–Crippen LogP) is 2.77. The highest BCUT2D eigenvalue weighted by Gasteiger charge is 2.32. The summed E-state index contributed by atoms with van der Waals surface area (Å²) in [5.74, 6) is -1.53. The number of benzene rings is 2. The van der Waals surface area contributed by atoms with Crippen molar-refractivity contribution in [3.63, 3.8) is 0 Å². The molecule has 1 N–H and O–H groups in total. The van der Waals surface area contributed by atoms with Crippen LogP contribution in [0.4, 0.5) is 10.1 Å². The van der Waals surface area contributed by atoms with Crippen LogP contribution in [0.5, 0.6) is 0 Å². The van der Waals surface area contributed by atoms with Crippen molar-refractivity contribution >= 4 is 27.7 Å². The first-order valence-corrected chi connectivity index (χ1v) is 12.5. The van der Waals surface area contributed by atoms with Gasteiger partial charge in [0, 0.05) is 32.7 Å². The van der Waals surface area contributed by atoms with E-state index in [0.717, 1.165) is 21.5 Å². The summed E-state index contributed by atoms with van der Waals surface area (Å²) >= 11 is 0. The van der Waals surface area contributed by atoms with E-state index in [2.05, 4.69) is 5.32 Å². The van der Waals surface area contributed by atoms with Crippen molar-refractivity contribution in [1.82, 2.24) is 14.5 Å². The third kappa shape index (κ3) is 7.01. The van der Waals surface area contributed by atoms with Crippen molar-refractivity contribution in [2.24, 2.45) is 0 Å². The topological polar surface area (TPSA) is 90.0 Å². The van der Waals surface area contributed by atoms with E-state index in [9.17, 15) is 22.4 Å². The molecule has 0 fully saturated rings. The molecule has 0 saturated carbocycles. The van der Waals surface area contributed by atoms with Gasteiger partial charge in [-0.25, -0.2) is 8.70 Å². The number of nitrogens with zero attached hydrogens (tertiary/aromatic N) is 3. The summed E-state index contributed by atoms with van der Waals surface area (Å²) in [6.07, 6.45) is 1.67. The second-order valence-electron chi connectivity index (χ2n) is 8.07. The fraction of sp³-hybridized carbons (Fsp3) is 0.417. The molecule has 10 heteroatoms. The molecule has 0 aliphatic carbocycles. The second kappa shape index (κ2) is 12.5. The number of carbonyl (C=O) groups excluding carboxylic acids is 2. The normalized spacial score (nSPS) is 12.3. The molecular formula is C24H33FN4O4S. The number of rotatable bonds is 12. The monoisotopic (exact) mass is 492 g/mol. The molecule has 2 aromatic rings. The molecule has 8 nitrogen and oxygen atoms in total. The lowest BCUT2D eigenvalue weighted by Gasteiger charge is -2.32. The van der Waals surface area contributed by atoms with E-state index in [1.165, 1.54) is 37.2 Å². The molecule has 0 bridgehead atoms. The Kier molecular flexibility index (Phi) is 10.0. The summed E-state index contributed by atoms with van der Waals surface area (Å²) in [4.78, 5) is 27.5. The van der Waals surface area contributed by atoms with Gasteiger partial charge in [0.1, 0.15) is 18.4 Å². The van der Waals surface area contributed by atoms with Crippen LogP contribution < -0.4 is 9.62 Å². The zero-order chi connectivity index (χ0) is 25.3. The number of para-hydroxylation sites is 1. The van der Waals surface area contributed by atoms with Gasteiger partial charge in [-0.05, 0) is 31.5 Å². The average molecular weight is 493 g/mol. The summed E-state index contributed by atoms with van der Waals surface area (Å²) < 4.78 is 42.4. The summed E-state index contributed by atoms with van der Waals surface area (Å²) in [7, 11) is -1.28. The number of amides is 2. The Morgan fingerprint density at radius 3 is 2.24 bits per heavy atom. The van der Waals surface area contributed by atoms with E-state index in [4.69, 9.17) is 0 Å². The zero-order valence-electron chi connectivity index (χ0n) is 20.1. The maximum Gasteiger partial charge on any atom is 0.304 e. The molecule has 34 heavy (non-hydrogen) atoms. The fourth-order valence-electron chi connectivity index (χ4n) is 3.24. The SMILES string of the molecule is CCCCNC(=O)[C@@H](C)N(Cc1ccccc1F)C(=O)CN(c1ccccc1)S(=O)(=O)N(C)C. The van der Waals surface area contributed by atoms with E-state index in [0.29, 0.717) is 12.2 Å². The molecule has 0 unspecified atom stereocenters. The first kappa shape index (κ1) is 27.3. The molecule has 0 spiro atoms. The van der Waals surface area contributed by atoms with Crippen LogP contribution in [-0.4, -0.2) is 62.7 Å². The number of halogens is 1. The lowest BCUT2D eigenvalue weighted by atomic mass is 10.1. The molecule has 2 rings (SSSR count). The van der Waals surface area contributed by atoms with Crippen LogP contribution in [0.1, 0.15) is 32.3 Å². The van der Waals surface area contributed by atoms with Gasteiger partial charge in [-0.3, -0.25) is 9.59 Å². The summed E-state index contributed by atoms with van der Waals surface area (Å²) in [6.45, 7) is 3.26. The standard InChI is InChI=1S/C24H33FN4O4S/c1-5-6-16-26-24(31)19(2)28(17-20-12-10-11-15-22(20)25)23(30)18-29(34(32,33)27(3)4)21-13-8-7-9-14-21/h7-15,19H,5-6,16-18H2,1-4H3,(H,26,31)/t19-/m1/s1. The van der Waals surface area contributed by atoms with Gasteiger partial charge in [0.2, 0.25) is 11.8 Å². The number of anilines is 1. The third-order valence-corrected chi connectivity index (χ3v) is 7.18. The molecule has 1 atom stereocenters. The van der Waals surface area contributed by atoms with Crippen molar-refractivity contribution in [2.45, 2.75) is 39.3 Å². The zero-order valence-corrected chi connectivity index (χ0v) is 20.9. The molecule has 186 valence electrons. The van der Waals surface area contributed by atoms with Crippen molar-refractivity contribution in [2.75, 3.05) is 31.5 Å². The lowest BCUT2D eigenvalue weighted by Crippen LogP contribution is -2.52. The van der Waals surface area contributed by atoms with Crippen LogP contribution in [0, 0.1) is 5.82 Å². The Balaban J connectivity index is 2.40. The molecule has 0 aromatic heterocycles. The van der Waals surface area contributed by atoms with Crippen molar-refractivity contribution in [3.05, 3.63) is 66.0 Å². The molecule has 0 heterocycles. The highest BCUT2D eigenvalue weighted by Crippen LogP contribution is 2.21. The Morgan fingerprint density at radius 2 is 1.65 bits per heavy atom. The molecule has 0 aliphatic heterocycles. The van der Waals surface area contributed by atoms with Crippen LogP contribution in [0.2, 0.25) is 0 Å². The minimum Gasteiger partial charge on any atom is -0.354 e. The summed E-state index contributed by atoms with van der Waals surface area (Å²) in [5, 5.41) is 2.79. The highest BCUT2D eigenvalue weighted by atomic mass is 32.2. The lowest BCUT2D eigenvalue weighted by molar-refractivity contribution is -0.139. The van der Waals surface area contributed by atoms with Gasteiger partial charge < -0.3 is 10.2 Å². The number of nitrogens with one attached hydrogen (secondary N) is 1. The second-order valence-corrected chi connectivity index (χ2v) is 10.1. The smallest absolute Gasteiger partial charge is 0.304 e. The predicted molar refractivity (Wildman–Crippen MR) is 131 cm³/mol. The Labute approximate surface area is 201 Å². The van der Waals surface area contributed by atoms with Crippen LogP contribution in [-0.2, 0) is 26.3 Å². The Hall–Kier alpha value is -2.98. The van der Waals surface area contributed by atoms with E-state index < -0.39 is 34.5 Å². The van der Waals surface area contributed by atoms with Crippen molar-refractivity contribution in [1.29, 1.82) is 0 Å². The van der Waals surface area contributed by atoms with E-state index in [1.807, 2.05) is 6.92 Å². The molecule has 2 aromatic carbocycles.